The van der Waals surface area contributed by atoms with E-state index in [2.05, 4.69) is 0 Å². The first-order chi connectivity index (χ1) is 6.64. The Kier molecular flexibility index (Phi) is 6.54. The van der Waals surface area contributed by atoms with Gasteiger partial charge in [0.15, 0.2) is 0 Å². The molecule has 0 aliphatic heterocycles. The molecule has 0 rings (SSSR count). The van der Waals surface area contributed by atoms with Crippen LogP contribution in [0.2, 0.25) is 0 Å². The molecule has 0 atom stereocenters. The average molecular weight is 220 g/mol. The summed E-state index contributed by atoms with van der Waals surface area (Å²) in [5.74, 6) is 0. The van der Waals surface area contributed by atoms with Crippen molar-refractivity contribution in [1.29, 1.82) is 0 Å². The predicted octanol–water partition coefficient (Wildman–Crippen LogP) is 3.23. The van der Waals surface area contributed by atoms with E-state index in [1.54, 1.807) is 26.8 Å². The maximum atomic E-state index is 12.0. The van der Waals surface area contributed by atoms with Crippen LogP contribution in [0.15, 0.2) is 23.7 Å². The lowest BCUT2D eigenvalue weighted by Crippen LogP contribution is -1.97. The van der Waals surface area contributed by atoms with Crippen LogP contribution in [-0.4, -0.2) is 18.3 Å². The Hall–Kier alpha value is -0.570. The number of aliphatic hydroxyl groups is 1. The Labute approximate surface area is 84.8 Å². The topological polar surface area (TPSA) is 55.8 Å². The second-order valence-corrected chi connectivity index (χ2v) is 4.41. The number of hydrogen-bond donors (Lipinski definition) is 1. The minimum atomic E-state index is -3.32. The lowest BCUT2D eigenvalue weighted by atomic mass is 10.5. The van der Waals surface area contributed by atoms with E-state index in [1.165, 1.54) is 6.08 Å². The van der Waals surface area contributed by atoms with E-state index in [4.69, 9.17) is 14.2 Å². The lowest BCUT2D eigenvalue weighted by molar-refractivity contribution is 0.226. The van der Waals surface area contributed by atoms with Gasteiger partial charge in [-0.1, -0.05) is 6.08 Å². The fraction of sp³-hybridized carbons (Fsp3) is 0.556. The summed E-state index contributed by atoms with van der Waals surface area (Å²) in [4.78, 5) is 0. The zero-order valence-corrected chi connectivity index (χ0v) is 9.66. The zero-order valence-electron chi connectivity index (χ0n) is 8.77. The molecule has 14 heavy (non-hydrogen) atoms. The molecule has 1 N–H and O–H groups in total. The van der Waals surface area contributed by atoms with Crippen LogP contribution in [0.4, 0.5) is 0 Å². The first-order valence-electron chi connectivity index (χ1n) is 4.51. The molecule has 0 radical (unpaired) electrons. The molecule has 0 unspecified atom stereocenters. The van der Waals surface area contributed by atoms with Gasteiger partial charge in [-0.2, -0.15) is 0 Å². The lowest BCUT2D eigenvalue weighted by Gasteiger charge is -2.16. The van der Waals surface area contributed by atoms with Crippen LogP contribution >= 0.6 is 7.60 Å². The molecule has 0 aromatic heterocycles. The van der Waals surface area contributed by atoms with E-state index < -0.39 is 7.60 Å². The van der Waals surface area contributed by atoms with Crippen molar-refractivity contribution in [2.75, 3.05) is 13.2 Å². The van der Waals surface area contributed by atoms with Crippen molar-refractivity contribution in [2.24, 2.45) is 0 Å². The van der Waals surface area contributed by atoms with E-state index in [1.807, 2.05) is 0 Å². The van der Waals surface area contributed by atoms with Gasteiger partial charge in [-0.3, -0.25) is 4.57 Å². The Morgan fingerprint density at radius 3 is 2.14 bits per heavy atom. The highest BCUT2D eigenvalue weighted by atomic mass is 31.2. The highest BCUT2D eigenvalue weighted by molar-refractivity contribution is 7.58. The Balaban J connectivity index is 4.87. The van der Waals surface area contributed by atoms with Gasteiger partial charge in [0.1, 0.15) is 0 Å². The molecule has 0 spiro atoms. The van der Waals surface area contributed by atoms with Crippen LogP contribution in [-0.2, 0) is 13.6 Å². The highest BCUT2D eigenvalue weighted by Gasteiger charge is 2.27. The van der Waals surface area contributed by atoms with Gasteiger partial charge in [-0.25, -0.2) is 0 Å². The van der Waals surface area contributed by atoms with Crippen molar-refractivity contribution in [3.63, 3.8) is 0 Å². The van der Waals surface area contributed by atoms with Crippen LogP contribution in [0, 0.1) is 0 Å². The number of rotatable bonds is 6. The first-order valence-corrected chi connectivity index (χ1v) is 6.05. The molecule has 0 amide bonds. The third-order valence-electron chi connectivity index (χ3n) is 1.38. The summed E-state index contributed by atoms with van der Waals surface area (Å²) in [7, 11) is -3.32. The molecular formula is C9H17O4P. The van der Waals surface area contributed by atoms with Crippen LogP contribution in [0.25, 0.3) is 0 Å². The summed E-state index contributed by atoms with van der Waals surface area (Å²) in [6.45, 7) is 5.73. The van der Waals surface area contributed by atoms with Gasteiger partial charge >= 0.3 is 7.60 Å². The predicted molar refractivity (Wildman–Crippen MR) is 56.4 cm³/mol. The molecule has 0 saturated carbocycles. The molecule has 0 aliphatic rings. The quantitative estimate of drug-likeness (QED) is 0.424. The minimum absolute atomic E-state index is 0.170. The van der Waals surface area contributed by atoms with Crippen LogP contribution in [0.1, 0.15) is 20.8 Å². The monoisotopic (exact) mass is 220 g/mol. The van der Waals surface area contributed by atoms with Crippen molar-refractivity contribution in [3.8, 4) is 0 Å². The standard InChI is InChI=1S/C9H17O4P/c1-4-7-9(8-10)14(11,12-5-2)13-6-3/h4,7-8,10H,5-6H2,1-3H3/b7-4+,9-8+. The molecule has 4 nitrogen and oxygen atoms in total. The SMILES string of the molecule is C/C=C/C(=C\O)P(=O)(OCC)OCC. The van der Waals surface area contributed by atoms with Gasteiger partial charge in [-0.15, -0.1) is 0 Å². The second kappa shape index (κ2) is 6.82. The Morgan fingerprint density at radius 1 is 1.36 bits per heavy atom. The Morgan fingerprint density at radius 2 is 1.86 bits per heavy atom. The molecule has 0 saturated heterocycles. The average Bonchev–Trinajstić information content (AvgIpc) is 2.14. The van der Waals surface area contributed by atoms with E-state index in [-0.39, 0.29) is 18.5 Å². The number of aliphatic hydroxyl groups excluding tert-OH is 1. The van der Waals surface area contributed by atoms with Gasteiger partial charge < -0.3 is 14.2 Å². The van der Waals surface area contributed by atoms with Gasteiger partial charge in [-0.05, 0) is 26.8 Å². The molecule has 5 heteroatoms. The van der Waals surface area contributed by atoms with Crippen LogP contribution < -0.4 is 0 Å². The summed E-state index contributed by atoms with van der Waals surface area (Å²) in [6.07, 6.45) is 3.92. The van der Waals surface area contributed by atoms with Gasteiger partial charge in [0.05, 0.1) is 24.8 Å². The molecule has 0 bridgehead atoms. The fourth-order valence-corrected chi connectivity index (χ4v) is 2.43. The highest BCUT2D eigenvalue weighted by Crippen LogP contribution is 2.56. The largest absolute Gasteiger partial charge is 0.515 e. The zero-order chi connectivity index (χ0) is 11.0. The van der Waals surface area contributed by atoms with Crippen molar-refractivity contribution in [2.45, 2.75) is 20.8 Å². The van der Waals surface area contributed by atoms with Crippen LogP contribution in [0.5, 0.6) is 0 Å². The summed E-state index contributed by atoms with van der Waals surface area (Å²) in [6, 6.07) is 0. The third-order valence-corrected chi connectivity index (χ3v) is 3.48. The van der Waals surface area contributed by atoms with E-state index in [0.717, 1.165) is 6.26 Å². The Bertz CT molecular complexity index is 248. The number of allylic oxidation sites excluding steroid dienone is 3. The molecule has 0 aromatic rings. The molecular weight excluding hydrogens is 203 g/mol. The molecule has 0 aliphatic carbocycles. The van der Waals surface area contributed by atoms with Crippen molar-refractivity contribution < 1.29 is 18.7 Å². The van der Waals surface area contributed by atoms with Gasteiger partial charge in [0, 0.05) is 0 Å². The summed E-state index contributed by atoms with van der Waals surface area (Å²) in [5, 5.41) is 9.07. The van der Waals surface area contributed by atoms with Gasteiger partial charge in [0.2, 0.25) is 0 Å². The smallest absolute Gasteiger partial charge is 0.364 e. The fourth-order valence-electron chi connectivity index (χ4n) is 0.902. The molecule has 0 fully saturated rings. The molecule has 0 aromatic carbocycles. The normalized spacial score (nSPS) is 13.8. The number of hydrogen-bond acceptors (Lipinski definition) is 4. The van der Waals surface area contributed by atoms with Crippen molar-refractivity contribution in [3.05, 3.63) is 23.7 Å². The maximum absolute atomic E-state index is 12.0. The molecule has 0 heterocycles. The summed E-state index contributed by atoms with van der Waals surface area (Å²) in [5.41, 5.74) is 0. The van der Waals surface area contributed by atoms with Crippen molar-refractivity contribution in [1.82, 2.24) is 0 Å². The van der Waals surface area contributed by atoms with E-state index in [9.17, 15) is 4.57 Å². The first kappa shape index (κ1) is 13.4. The second-order valence-electron chi connectivity index (χ2n) is 2.39. The summed E-state index contributed by atoms with van der Waals surface area (Å²) >= 11 is 0. The van der Waals surface area contributed by atoms with Crippen molar-refractivity contribution >= 4 is 7.60 Å². The van der Waals surface area contributed by atoms with E-state index in [0.29, 0.717) is 0 Å². The third kappa shape index (κ3) is 3.66. The van der Waals surface area contributed by atoms with Crippen LogP contribution in [0.3, 0.4) is 0 Å². The van der Waals surface area contributed by atoms with Gasteiger partial charge in [0.25, 0.3) is 0 Å². The summed E-state index contributed by atoms with van der Waals surface area (Å²) < 4.78 is 22.1. The van der Waals surface area contributed by atoms with E-state index >= 15 is 0 Å². The maximum Gasteiger partial charge on any atom is 0.364 e. The molecule has 82 valence electrons. The minimum Gasteiger partial charge on any atom is -0.515 e.